The molecule has 0 atom stereocenters. The molecule has 6 heteroatoms. The summed E-state index contributed by atoms with van der Waals surface area (Å²) in [5.41, 5.74) is 0.301. The minimum Gasteiger partial charge on any atom is -0.342 e. The van der Waals surface area contributed by atoms with Crippen LogP contribution in [0.3, 0.4) is 0 Å². The molecule has 1 aliphatic carbocycles. The highest BCUT2D eigenvalue weighted by Gasteiger charge is 2.41. The Bertz CT molecular complexity index is 830. The Morgan fingerprint density at radius 1 is 1.27 bits per heavy atom. The fourth-order valence-corrected chi connectivity index (χ4v) is 4.19. The molecule has 3 rings (SSSR count). The summed E-state index contributed by atoms with van der Waals surface area (Å²) >= 11 is 1.44. The maximum absolute atomic E-state index is 13.0. The van der Waals surface area contributed by atoms with Gasteiger partial charge in [-0.25, -0.2) is 0 Å². The molecule has 26 heavy (non-hydrogen) atoms. The van der Waals surface area contributed by atoms with Crippen LogP contribution < -0.4 is 10.1 Å². The maximum atomic E-state index is 13.0. The van der Waals surface area contributed by atoms with E-state index in [4.69, 9.17) is 0 Å². The molecule has 0 radical (unpaired) electrons. The van der Waals surface area contributed by atoms with Gasteiger partial charge in [0.1, 0.15) is 5.54 Å². The van der Waals surface area contributed by atoms with Crippen LogP contribution in [0.4, 0.5) is 0 Å². The summed E-state index contributed by atoms with van der Waals surface area (Å²) in [4.78, 5) is 29.8. The van der Waals surface area contributed by atoms with Gasteiger partial charge in [-0.1, -0.05) is 37.3 Å². The number of hydrogen-bond donors (Lipinski definition) is 1. The van der Waals surface area contributed by atoms with Gasteiger partial charge in [-0.3, -0.25) is 9.59 Å². The Hall–Kier alpha value is -2.21. The minimum absolute atomic E-state index is 0.175. The molecule has 1 heterocycles. The summed E-state index contributed by atoms with van der Waals surface area (Å²) in [6.07, 6.45) is 5.10. The first-order valence-corrected chi connectivity index (χ1v) is 9.92. The predicted molar refractivity (Wildman–Crippen MR) is 103 cm³/mol. The summed E-state index contributed by atoms with van der Waals surface area (Å²) in [7, 11) is 0. The van der Waals surface area contributed by atoms with Gasteiger partial charge >= 0.3 is 0 Å². The van der Waals surface area contributed by atoms with Crippen molar-refractivity contribution in [3.05, 3.63) is 52.3 Å². The van der Waals surface area contributed by atoms with Gasteiger partial charge in [0.15, 0.2) is 4.80 Å². The van der Waals surface area contributed by atoms with Crippen molar-refractivity contribution in [2.24, 2.45) is 10.9 Å². The Kier molecular flexibility index (Phi) is 5.71. The second-order valence-corrected chi connectivity index (χ2v) is 8.03. The number of thiazole rings is 1. The molecule has 0 bridgehead atoms. The van der Waals surface area contributed by atoms with Gasteiger partial charge in [0, 0.05) is 25.0 Å². The van der Waals surface area contributed by atoms with Crippen LogP contribution in [-0.2, 0) is 16.1 Å². The van der Waals surface area contributed by atoms with E-state index in [0.29, 0.717) is 30.1 Å². The average Bonchev–Trinajstić information content (AvgIpc) is 3.04. The lowest BCUT2D eigenvalue weighted by Crippen LogP contribution is -2.55. The van der Waals surface area contributed by atoms with Crippen molar-refractivity contribution in [3.63, 3.8) is 0 Å². The van der Waals surface area contributed by atoms with E-state index in [2.05, 4.69) is 29.4 Å². The molecule has 0 unspecified atom stereocenters. The molecule has 1 N–H and O–H groups in total. The van der Waals surface area contributed by atoms with Crippen molar-refractivity contribution in [2.75, 3.05) is 0 Å². The highest BCUT2D eigenvalue weighted by Crippen LogP contribution is 2.33. The maximum Gasteiger partial charge on any atom is 0.274 e. The van der Waals surface area contributed by atoms with Gasteiger partial charge in [-0.2, -0.15) is 4.99 Å². The first-order valence-electron chi connectivity index (χ1n) is 9.04. The molecule has 2 amide bonds. The van der Waals surface area contributed by atoms with Crippen LogP contribution in [0.2, 0.25) is 0 Å². The van der Waals surface area contributed by atoms with Crippen molar-refractivity contribution in [2.45, 2.75) is 51.6 Å². The zero-order chi connectivity index (χ0) is 18.6. The molecular formula is C20H25N3O2S. The second kappa shape index (κ2) is 7.99. The fraction of sp³-hybridized carbons (Fsp3) is 0.450. The van der Waals surface area contributed by atoms with Gasteiger partial charge in [0.05, 0.1) is 0 Å². The van der Waals surface area contributed by atoms with E-state index in [1.54, 1.807) is 0 Å². The number of aromatic nitrogens is 1. The van der Waals surface area contributed by atoms with Crippen molar-refractivity contribution in [1.29, 1.82) is 0 Å². The lowest BCUT2D eigenvalue weighted by molar-refractivity contribution is -0.132. The highest BCUT2D eigenvalue weighted by molar-refractivity contribution is 7.07. The Labute approximate surface area is 157 Å². The highest BCUT2D eigenvalue weighted by atomic mass is 32.1. The molecule has 0 spiro atoms. The zero-order valence-electron chi connectivity index (χ0n) is 15.3. The van der Waals surface area contributed by atoms with Crippen LogP contribution in [0.5, 0.6) is 0 Å². The van der Waals surface area contributed by atoms with Crippen molar-refractivity contribution < 1.29 is 9.59 Å². The number of amides is 2. The number of benzene rings is 1. The molecule has 5 nitrogen and oxygen atoms in total. The molecule has 0 aliphatic heterocycles. The number of carbonyl (C=O) groups excluding carboxylic acids is 2. The second-order valence-electron chi connectivity index (χ2n) is 7.16. The van der Waals surface area contributed by atoms with Crippen molar-refractivity contribution in [1.82, 2.24) is 9.88 Å². The van der Waals surface area contributed by atoms with Crippen molar-refractivity contribution in [3.8, 4) is 0 Å². The molecule has 1 aromatic heterocycles. The molecule has 2 aromatic rings. The fourth-order valence-electron chi connectivity index (χ4n) is 3.47. The molecule has 1 fully saturated rings. The molecule has 1 saturated carbocycles. The number of rotatable bonds is 4. The van der Waals surface area contributed by atoms with Crippen LogP contribution in [0.25, 0.3) is 0 Å². The lowest BCUT2D eigenvalue weighted by Gasteiger charge is -2.36. The van der Waals surface area contributed by atoms with E-state index in [0.717, 1.165) is 18.4 Å². The van der Waals surface area contributed by atoms with E-state index >= 15 is 0 Å². The largest absolute Gasteiger partial charge is 0.342 e. The van der Waals surface area contributed by atoms with Crippen LogP contribution in [0, 0.1) is 5.92 Å². The first-order chi connectivity index (χ1) is 12.5. The van der Waals surface area contributed by atoms with Gasteiger partial charge < -0.3 is 9.88 Å². The molecule has 1 aromatic carbocycles. The van der Waals surface area contributed by atoms with Crippen LogP contribution in [0.1, 0.15) is 45.1 Å². The zero-order valence-corrected chi connectivity index (χ0v) is 16.1. The Morgan fingerprint density at radius 2 is 1.96 bits per heavy atom. The summed E-state index contributed by atoms with van der Waals surface area (Å²) < 4.78 is 1.98. The molecule has 138 valence electrons. The number of nitrogens with one attached hydrogen (secondary N) is 1. The predicted octanol–water partition coefficient (Wildman–Crippen LogP) is 3.11. The molecule has 0 saturated heterocycles. The topological polar surface area (TPSA) is 63.5 Å². The van der Waals surface area contributed by atoms with Gasteiger partial charge in [0.25, 0.3) is 5.91 Å². The van der Waals surface area contributed by atoms with Gasteiger partial charge in [-0.15, -0.1) is 11.3 Å². The summed E-state index contributed by atoms with van der Waals surface area (Å²) in [5, 5.41) is 4.84. The monoisotopic (exact) mass is 371 g/mol. The van der Waals surface area contributed by atoms with Crippen LogP contribution in [-0.4, -0.2) is 21.9 Å². The van der Waals surface area contributed by atoms with Gasteiger partial charge in [-0.05, 0) is 37.2 Å². The minimum atomic E-state index is -0.854. The van der Waals surface area contributed by atoms with Crippen LogP contribution >= 0.6 is 11.3 Å². The van der Waals surface area contributed by atoms with Crippen LogP contribution in [0.15, 0.2) is 46.9 Å². The number of nitrogens with zero attached hydrogens (tertiary/aromatic N) is 2. The third kappa shape index (κ3) is 4.30. The average molecular weight is 372 g/mol. The normalized spacial score (nSPS) is 23.6. The Balaban J connectivity index is 1.87. The number of carbonyl (C=O) groups is 2. The smallest absolute Gasteiger partial charge is 0.274 e. The molecule has 1 aliphatic rings. The summed E-state index contributed by atoms with van der Waals surface area (Å²) in [6.45, 7) is 4.32. The van der Waals surface area contributed by atoms with E-state index in [1.165, 1.54) is 18.3 Å². The summed E-state index contributed by atoms with van der Waals surface area (Å²) in [6, 6.07) is 10.1. The van der Waals surface area contributed by atoms with Crippen molar-refractivity contribution >= 4 is 23.2 Å². The quantitative estimate of drug-likeness (QED) is 0.897. The summed E-state index contributed by atoms with van der Waals surface area (Å²) in [5.74, 6) is 0.171. The number of hydrogen-bond acceptors (Lipinski definition) is 3. The third-order valence-electron chi connectivity index (χ3n) is 5.01. The van der Waals surface area contributed by atoms with E-state index in [9.17, 15) is 9.59 Å². The first kappa shape index (κ1) is 18.6. The van der Waals surface area contributed by atoms with E-state index in [-0.39, 0.29) is 11.8 Å². The standard InChI is InChI=1S/C20H25N3O2S/c1-15-8-10-20(11-9-15,22-16(2)24)18(25)21-19-23(12-13-26-19)14-17-6-4-3-5-7-17/h3-7,12-13,15H,8-11,14H2,1-2H3,(H,22,24). The SMILES string of the molecule is CC(=O)NC1(C(=O)N=c2sccn2Cc2ccccc2)CCC(C)CC1. The van der Waals surface area contributed by atoms with E-state index < -0.39 is 5.54 Å². The van der Waals surface area contributed by atoms with E-state index in [1.807, 2.05) is 34.3 Å². The van der Waals surface area contributed by atoms with Gasteiger partial charge in [0.2, 0.25) is 5.91 Å². The lowest BCUT2D eigenvalue weighted by atomic mass is 9.76. The Morgan fingerprint density at radius 3 is 2.62 bits per heavy atom. The molecular weight excluding hydrogens is 346 g/mol. The third-order valence-corrected chi connectivity index (χ3v) is 5.80.